The molecule has 1 saturated heterocycles. The minimum absolute atomic E-state index is 0.161. The Hall–Kier alpha value is -1.96. The highest BCUT2D eigenvalue weighted by Crippen LogP contribution is 2.37. The van der Waals surface area contributed by atoms with Gasteiger partial charge in [0, 0.05) is 24.7 Å². The Kier molecular flexibility index (Phi) is 3.99. The lowest BCUT2D eigenvalue weighted by atomic mass is 10.0. The molecule has 1 fully saturated rings. The van der Waals surface area contributed by atoms with Crippen molar-refractivity contribution in [2.75, 3.05) is 25.5 Å². The van der Waals surface area contributed by atoms with E-state index in [2.05, 4.69) is 5.32 Å². The second kappa shape index (κ2) is 5.44. The molecule has 0 bridgehead atoms. The second-order valence-corrected chi connectivity index (χ2v) is 4.86. The number of aliphatic hydroxyl groups is 1. The normalized spacial score (nSPS) is 22.2. The van der Waals surface area contributed by atoms with E-state index in [9.17, 15) is 23.1 Å². The number of β-amino-alcohol motifs (C(OH)–C–C–N with tert-alkyl or cyclic N) is 1. The summed E-state index contributed by atoms with van der Waals surface area (Å²) in [4.78, 5) is 12.9. The van der Waals surface area contributed by atoms with Crippen molar-refractivity contribution >= 4 is 11.7 Å². The third-order valence-corrected chi connectivity index (χ3v) is 3.38. The first-order chi connectivity index (χ1) is 9.75. The Morgan fingerprint density at radius 1 is 1.48 bits per heavy atom. The largest absolute Gasteiger partial charge is 0.497 e. The van der Waals surface area contributed by atoms with Gasteiger partial charge in [-0.1, -0.05) is 6.07 Å². The van der Waals surface area contributed by atoms with Crippen molar-refractivity contribution < 1.29 is 27.8 Å². The van der Waals surface area contributed by atoms with Crippen molar-refractivity contribution in [1.29, 1.82) is 0 Å². The van der Waals surface area contributed by atoms with E-state index in [1.54, 1.807) is 24.3 Å². The molecule has 1 heterocycles. The average molecular weight is 304 g/mol. The van der Waals surface area contributed by atoms with Gasteiger partial charge in [-0.2, -0.15) is 13.2 Å². The molecule has 1 aromatic rings. The molecule has 2 amide bonds. The fourth-order valence-corrected chi connectivity index (χ4v) is 2.10. The van der Waals surface area contributed by atoms with Crippen molar-refractivity contribution in [3.05, 3.63) is 24.3 Å². The van der Waals surface area contributed by atoms with Crippen LogP contribution in [-0.4, -0.2) is 48.0 Å². The molecule has 5 nitrogen and oxygen atoms in total. The first kappa shape index (κ1) is 15.4. The van der Waals surface area contributed by atoms with Crippen molar-refractivity contribution in [2.24, 2.45) is 0 Å². The molecule has 1 aromatic carbocycles. The van der Waals surface area contributed by atoms with Gasteiger partial charge in [0.05, 0.1) is 13.7 Å². The van der Waals surface area contributed by atoms with E-state index in [-0.39, 0.29) is 6.54 Å². The van der Waals surface area contributed by atoms with E-state index in [4.69, 9.17) is 4.74 Å². The quantitative estimate of drug-likeness (QED) is 0.881. The van der Waals surface area contributed by atoms with Crippen LogP contribution in [-0.2, 0) is 0 Å². The van der Waals surface area contributed by atoms with Crippen LogP contribution in [0.2, 0.25) is 0 Å². The lowest BCUT2D eigenvalue weighted by Gasteiger charge is -2.26. The van der Waals surface area contributed by atoms with Crippen molar-refractivity contribution in [3.63, 3.8) is 0 Å². The molecule has 116 valence electrons. The highest BCUT2D eigenvalue weighted by Gasteiger charge is 2.57. The van der Waals surface area contributed by atoms with Crippen LogP contribution in [0.3, 0.4) is 0 Å². The Labute approximate surface area is 119 Å². The standard InChI is InChI=1S/C13H15F3N2O3/c1-21-10-4-2-3-9(7-10)17-11(19)18-6-5-12(20,8-18)13(14,15)16/h2-4,7,20H,5-6,8H2,1H3,(H,17,19)/t12-/m1/s1. The van der Waals surface area contributed by atoms with Crippen molar-refractivity contribution in [3.8, 4) is 5.75 Å². The number of hydrogen-bond donors (Lipinski definition) is 2. The zero-order valence-electron chi connectivity index (χ0n) is 11.3. The van der Waals surface area contributed by atoms with Crippen LogP contribution in [0.1, 0.15) is 6.42 Å². The molecule has 1 aliphatic heterocycles. The first-order valence-corrected chi connectivity index (χ1v) is 6.24. The van der Waals surface area contributed by atoms with Crippen molar-refractivity contribution in [2.45, 2.75) is 18.2 Å². The summed E-state index contributed by atoms with van der Waals surface area (Å²) in [5.74, 6) is 0.515. The minimum Gasteiger partial charge on any atom is -0.497 e. The Balaban J connectivity index is 2.02. The zero-order chi connectivity index (χ0) is 15.7. The monoisotopic (exact) mass is 304 g/mol. The topological polar surface area (TPSA) is 61.8 Å². The van der Waals surface area contributed by atoms with Crippen LogP contribution in [0, 0.1) is 0 Å². The summed E-state index contributed by atoms with van der Waals surface area (Å²) in [6, 6.07) is 5.76. The van der Waals surface area contributed by atoms with Gasteiger partial charge in [0.15, 0.2) is 5.60 Å². The zero-order valence-corrected chi connectivity index (χ0v) is 11.3. The van der Waals surface area contributed by atoms with Crippen LogP contribution in [0.15, 0.2) is 24.3 Å². The molecule has 0 aliphatic carbocycles. The van der Waals surface area contributed by atoms with Crippen LogP contribution in [0.4, 0.5) is 23.7 Å². The molecule has 21 heavy (non-hydrogen) atoms. The maximum absolute atomic E-state index is 12.7. The van der Waals surface area contributed by atoms with E-state index in [1.807, 2.05) is 0 Å². The maximum Gasteiger partial charge on any atom is 0.419 e. The molecule has 1 atom stereocenters. The van der Waals surface area contributed by atoms with Gasteiger partial charge in [-0.25, -0.2) is 4.79 Å². The molecule has 0 saturated carbocycles. The van der Waals surface area contributed by atoms with E-state index in [1.165, 1.54) is 7.11 Å². The highest BCUT2D eigenvalue weighted by atomic mass is 19.4. The van der Waals surface area contributed by atoms with E-state index >= 15 is 0 Å². The molecule has 0 spiro atoms. The number of nitrogens with one attached hydrogen (secondary N) is 1. The summed E-state index contributed by atoms with van der Waals surface area (Å²) in [5, 5.41) is 12.0. The second-order valence-electron chi connectivity index (χ2n) is 4.86. The number of amides is 2. The number of methoxy groups -OCH3 is 1. The lowest BCUT2D eigenvalue weighted by molar-refractivity contribution is -0.253. The summed E-state index contributed by atoms with van der Waals surface area (Å²) in [6.07, 6.45) is -5.28. The van der Waals surface area contributed by atoms with E-state index in [0.29, 0.717) is 11.4 Å². The number of alkyl halides is 3. The number of anilines is 1. The van der Waals surface area contributed by atoms with Crippen molar-refractivity contribution in [1.82, 2.24) is 4.90 Å². The van der Waals surface area contributed by atoms with Gasteiger partial charge in [-0.3, -0.25) is 0 Å². The Bertz CT molecular complexity index is 536. The summed E-state index contributed by atoms with van der Waals surface area (Å²) in [5.41, 5.74) is -2.43. The number of halogens is 3. The predicted molar refractivity (Wildman–Crippen MR) is 69.2 cm³/mol. The number of urea groups is 1. The molecule has 1 aliphatic rings. The van der Waals surface area contributed by atoms with Gasteiger partial charge in [0.1, 0.15) is 5.75 Å². The third kappa shape index (κ3) is 3.21. The highest BCUT2D eigenvalue weighted by molar-refractivity contribution is 5.89. The summed E-state index contributed by atoms with van der Waals surface area (Å²) < 4.78 is 43.0. The van der Waals surface area contributed by atoms with Crippen LogP contribution < -0.4 is 10.1 Å². The molecule has 0 radical (unpaired) electrons. The lowest BCUT2D eigenvalue weighted by Crippen LogP contribution is -2.48. The number of benzene rings is 1. The number of likely N-dealkylation sites (tertiary alicyclic amines) is 1. The first-order valence-electron chi connectivity index (χ1n) is 6.24. The molecular weight excluding hydrogens is 289 g/mol. The summed E-state index contributed by atoms with van der Waals surface area (Å²) >= 11 is 0. The Morgan fingerprint density at radius 2 is 2.19 bits per heavy atom. The van der Waals surface area contributed by atoms with E-state index < -0.39 is 30.8 Å². The number of hydrogen-bond acceptors (Lipinski definition) is 3. The molecule has 8 heteroatoms. The third-order valence-electron chi connectivity index (χ3n) is 3.38. The molecule has 0 unspecified atom stereocenters. The summed E-state index contributed by atoms with van der Waals surface area (Å²) in [6.45, 7) is -0.932. The predicted octanol–water partition coefficient (Wildman–Crippen LogP) is 2.23. The fraction of sp³-hybridized carbons (Fsp3) is 0.462. The fourth-order valence-electron chi connectivity index (χ4n) is 2.10. The Morgan fingerprint density at radius 3 is 2.76 bits per heavy atom. The van der Waals surface area contributed by atoms with Crippen LogP contribution in [0.5, 0.6) is 5.75 Å². The van der Waals surface area contributed by atoms with Crippen LogP contribution >= 0.6 is 0 Å². The van der Waals surface area contributed by atoms with Gasteiger partial charge < -0.3 is 20.1 Å². The molecule has 2 rings (SSSR count). The van der Waals surface area contributed by atoms with Gasteiger partial charge in [-0.05, 0) is 12.1 Å². The average Bonchev–Trinajstić information content (AvgIpc) is 2.83. The number of rotatable bonds is 2. The summed E-state index contributed by atoms with van der Waals surface area (Å²) in [7, 11) is 1.46. The SMILES string of the molecule is COc1cccc(NC(=O)N2CC[C@](O)(C(F)(F)F)C2)c1. The smallest absolute Gasteiger partial charge is 0.419 e. The maximum atomic E-state index is 12.7. The van der Waals surface area contributed by atoms with Gasteiger partial charge >= 0.3 is 12.2 Å². The number of carbonyl (C=O) groups is 1. The van der Waals surface area contributed by atoms with Crippen LogP contribution in [0.25, 0.3) is 0 Å². The number of nitrogens with zero attached hydrogens (tertiary/aromatic N) is 1. The van der Waals surface area contributed by atoms with E-state index in [0.717, 1.165) is 4.90 Å². The van der Waals surface area contributed by atoms with Gasteiger partial charge in [0.2, 0.25) is 0 Å². The molecule has 0 aromatic heterocycles. The van der Waals surface area contributed by atoms with Gasteiger partial charge in [-0.15, -0.1) is 0 Å². The molecular formula is C13H15F3N2O3. The molecule has 2 N–H and O–H groups in total. The van der Waals surface area contributed by atoms with Gasteiger partial charge in [0.25, 0.3) is 0 Å². The number of ether oxygens (including phenoxy) is 1. The number of carbonyl (C=O) groups excluding carboxylic acids is 1. The minimum atomic E-state index is -4.75.